The van der Waals surface area contributed by atoms with E-state index < -0.39 is 18.4 Å². The Labute approximate surface area is 198 Å². The summed E-state index contributed by atoms with van der Waals surface area (Å²) >= 11 is 12.5. The molecule has 5 rings (SSSR count). The van der Waals surface area contributed by atoms with Crippen molar-refractivity contribution in [1.82, 2.24) is 20.2 Å². The lowest BCUT2D eigenvalue weighted by atomic mass is 10.0. The number of halogens is 4. The Hall–Kier alpha value is -2.97. The molecule has 1 N–H and O–H groups in total. The number of pyridine rings is 2. The number of aromatic nitrogens is 4. The Bertz CT molecular complexity index is 1270. The van der Waals surface area contributed by atoms with E-state index in [9.17, 15) is 8.78 Å². The predicted molar refractivity (Wildman–Crippen MR) is 124 cm³/mol. The van der Waals surface area contributed by atoms with Crippen LogP contribution in [0.5, 0.6) is 5.75 Å². The fourth-order valence-electron chi connectivity index (χ4n) is 3.93. The van der Waals surface area contributed by atoms with Gasteiger partial charge in [0, 0.05) is 48.2 Å². The van der Waals surface area contributed by atoms with Gasteiger partial charge in [-0.15, -0.1) is 0 Å². The van der Waals surface area contributed by atoms with Crippen LogP contribution in [0.4, 0.5) is 14.6 Å². The Morgan fingerprint density at radius 3 is 2.52 bits per heavy atom. The van der Waals surface area contributed by atoms with E-state index in [1.54, 1.807) is 6.20 Å². The molecule has 3 aromatic heterocycles. The number of H-pyrrole nitrogens is 1. The Morgan fingerprint density at radius 2 is 1.85 bits per heavy atom. The van der Waals surface area contributed by atoms with Crippen LogP contribution < -0.4 is 9.64 Å². The van der Waals surface area contributed by atoms with Crippen molar-refractivity contribution >= 4 is 39.9 Å². The topological polar surface area (TPSA) is 66.9 Å². The summed E-state index contributed by atoms with van der Waals surface area (Å²) in [6.45, 7) is 2.50. The van der Waals surface area contributed by atoms with Gasteiger partial charge in [-0.3, -0.25) is 10.1 Å². The van der Waals surface area contributed by atoms with Crippen molar-refractivity contribution in [3.8, 4) is 17.0 Å². The van der Waals surface area contributed by atoms with Crippen LogP contribution in [0.25, 0.3) is 22.2 Å². The third-order valence-corrected chi connectivity index (χ3v) is 6.36. The molecule has 1 unspecified atom stereocenters. The van der Waals surface area contributed by atoms with Gasteiger partial charge < -0.3 is 9.64 Å². The van der Waals surface area contributed by atoms with Crippen molar-refractivity contribution in [2.24, 2.45) is 5.92 Å². The largest absolute Gasteiger partial charge is 0.486 e. The molecule has 6 nitrogen and oxygen atoms in total. The zero-order valence-corrected chi connectivity index (χ0v) is 19.0. The molecule has 1 aromatic carbocycles. The highest BCUT2D eigenvalue weighted by Gasteiger charge is 2.34. The first-order valence-corrected chi connectivity index (χ1v) is 11.1. The van der Waals surface area contributed by atoms with E-state index in [1.807, 2.05) is 42.2 Å². The summed E-state index contributed by atoms with van der Waals surface area (Å²) in [5, 5.41) is 9.19. The maximum atomic E-state index is 12.7. The smallest absolute Gasteiger partial charge is 0.244 e. The molecule has 1 fully saturated rings. The average molecular weight is 490 g/mol. The summed E-state index contributed by atoms with van der Waals surface area (Å²) < 4.78 is 31.6. The lowest BCUT2D eigenvalue weighted by Crippen LogP contribution is -2.50. The normalized spacial score (nSPS) is 15.2. The molecule has 170 valence electrons. The fraction of sp³-hybridized carbons (Fsp3) is 0.261. The third-order valence-electron chi connectivity index (χ3n) is 5.76. The standard InChI is InChI=1S/C23H19Cl2F2N5O/c1-12(21-17(24)8-28-9-18(21)25)33-15-3-4-19-16(6-15)22(31-30-19)13-2-5-20(29-7-13)32-10-14(11-32)23(26)27/h2-9,12,14,23H,10-11H2,1H3,(H,30,31). The first kappa shape index (κ1) is 21.9. The first-order valence-electron chi connectivity index (χ1n) is 10.3. The number of benzene rings is 1. The second kappa shape index (κ2) is 8.76. The van der Waals surface area contributed by atoms with Crippen LogP contribution in [0.2, 0.25) is 10.0 Å². The molecule has 1 saturated heterocycles. The zero-order valence-electron chi connectivity index (χ0n) is 17.5. The van der Waals surface area contributed by atoms with Crippen molar-refractivity contribution in [3.05, 3.63) is 64.5 Å². The van der Waals surface area contributed by atoms with Crippen LogP contribution >= 0.6 is 23.2 Å². The highest BCUT2D eigenvalue weighted by molar-refractivity contribution is 6.35. The van der Waals surface area contributed by atoms with E-state index in [1.165, 1.54) is 12.4 Å². The molecular formula is C23H19Cl2F2N5O. The van der Waals surface area contributed by atoms with Crippen LogP contribution in [0.15, 0.2) is 48.9 Å². The number of anilines is 1. The van der Waals surface area contributed by atoms with E-state index in [4.69, 9.17) is 27.9 Å². The number of rotatable bonds is 6. The van der Waals surface area contributed by atoms with E-state index in [0.717, 1.165) is 22.2 Å². The Morgan fingerprint density at radius 1 is 1.09 bits per heavy atom. The molecule has 33 heavy (non-hydrogen) atoms. The number of alkyl halides is 2. The van der Waals surface area contributed by atoms with Crippen LogP contribution in [-0.4, -0.2) is 39.7 Å². The molecule has 0 radical (unpaired) electrons. The third kappa shape index (κ3) is 4.20. The monoisotopic (exact) mass is 489 g/mol. The maximum absolute atomic E-state index is 12.7. The lowest BCUT2D eigenvalue weighted by Gasteiger charge is -2.39. The molecule has 4 aromatic rings. The van der Waals surface area contributed by atoms with E-state index in [-0.39, 0.29) is 0 Å². The van der Waals surface area contributed by atoms with Crippen molar-refractivity contribution in [2.45, 2.75) is 19.5 Å². The zero-order chi connectivity index (χ0) is 23.1. The first-order chi connectivity index (χ1) is 15.9. The van der Waals surface area contributed by atoms with Gasteiger partial charge in [-0.05, 0) is 37.3 Å². The van der Waals surface area contributed by atoms with Gasteiger partial charge in [0.05, 0.1) is 21.5 Å². The fourth-order valence-corrected chi connectivity index (χ4v) is 4.60. The molecule has 10 heteroatoms. The molecule has 1 atom stereocenters. The molecule has 1 aliphatic rings. The highest BCUT2D eigenvalue weighted by atomic mass is 35.5. The van der Waals surface area contributed by atoms with Crippen molar-refractivity contribution in [3.63, 3.8) is 0 Å². The summed E-state index contributed by atoms with van der Waals surface area (Å²) in [5.74, 6) is 0.726. The number of aromatic amines is 1. The summed E-state index contributed by atoms with van der Waals surface area (Å²) in [4.78, 5) is 10.3. The number of fused-ring (bicyclic) bond motifs is 1. The van der Waals surface area contributed by atoms with Gasteiger partial charge in [0.1, 0.15) is 23.4 Å². The van der Waals surface area contributed by atoms with Gasteiger partial charge in [-0.2, -0.15) is 5.10 Å². The number of ether oxygens (including phenoxy) is 1. The van der Waals surface area contributed by atoms with E-state index in [0.29, 0.717) is 40.3 Å². The highest BCUT2D eigenvalue weighted by Crippen LogP contribution is 2.35. The van der Waals surface area contributed by atoms with Crippen LogP contribution in [0.1, 0.15) is 18.6 Å². The summed E-state index contributed by atoms with van der Waals surface area (Å²) in [6, 6.07) is 9.34. The van der Waals surface area contributed by atoms with E-state index in [2.05, 4.69) is 20.2 Å². The molecule has 0 bridgehead atoms. The lowest BCUT2D eigenvalue weighted by molar-refractivity contribution is 0.0611. The minimum absolute atomic E-state index is 0.319. The molecule has 1 aliphatic heterocycles. The molecule has 4 heterocycles. The molecular weight excluding hydrogens is 471 g/mol. The quantitative estimate of drug-likeness (QED) is 0.350. The number of hydrogen-bond acceptors (Lipinski definition) is 5. The molecule has 0 amide bonds. The van der Waals surface area contributed by atoms with Gasteiger partial charge in [-0.25, -0.2) is 13.8 Å². The second-order valence-corrected chi connectivity index (χ2v) is 8.78. The van der Waals surface area contributed by atoms with Crippen molar-refractivity contribution in [1.29, 1.82) is 0 Å². The Kier molecular flexibility index (Phi) is 5.80. The minimum Gasteiger partial charge on any atom is -0.486 e. The van der Waals surface area contributed by atoms with Crippen LogP contribution in [0, 0.1) is 5.92 Å². The number of nitrogens with one attached hydrogen (secondary N) is 1. The summed E-state index contributed by atoms with van der Waals surface area (Å²) in [7, 11) is 0. The molecule has 0 spiro atoms. The van der Waals surface area contributed by atoms with Gasteiger partial charge in [-0.1, -0.05) is 23.2 Å². The van der Waals surface area contributed by atoms with Crippen molar-refractivity contribution < 1.29 is 13.5 Å². The second-order valence-electron chi connectivity index (χ2n) is 7.96. The number of nitrogens with zero attached hydrogens (tertiary/aromatic N) is 4. The SMILES string of the molecule is CC(Oc1ccc2[nH]nc(-c3ccc(N4CC(C(F)F)C4)nc3)c2c1)c1c(Cl)cncc1Cl. The van der Waals surface area contributed by atoms with E-state index >= 15 is 0 Å². The van der Waals surface area contributed by atoms with Crippen LogP contribution in [-0.2, 0) is 0 Å². The van der Waals surface area contributed by atoms with Gasteiger partial charge in [0.15, 0.2) is 0 Å². The molecule has 0 aliphatic carbocycles. The van der Waals surface area contributed by atoms with Gasteiger partial charge in [0.25, 0.3) is 0 Å². The minimum atomic E-state index is -2.29. The predicted octanol–water partition coefficient (Wildman–Crippen LogP) is 6.17. The summed E-state index contributed by atoms with van der Waals surface area (Å²) in [6.07, 6.45) is 2.08. The van der Waals surface area contributed by atoms with Crippen LogP contribution in [0.3, 0.4) is 0 Å². The summed E-state index contributed by atoms with van der Waals surface area (Å²) in [5.41, 5.74) is 3.04. The average Bonchev–Trinajstić information content (AvgIpc) is 3.16. The van der Waals surface area contributed by atoms with Gasteiger partial charge >= 0.3 is 0 Å². The van der Waals surface area contributed by atoms with Gasteiger partial charge in [0.2, 0.25) is 6.43 Å². The molecule has 0 saturated carbocycles. The number of hydrogen-bond donors (Lipinski definition) is 1. The Balaban J connectivity index is 1.38. The van der Waals surface area contributed by atoms with Crippen molar-refractivity contribution in [2.75, 3.05) is 18.0 Å². The maximum Gasteiger partial charge on any atom is 0.244 e.